The van der Waals surface area contributed by atoms with Crippen LogP contribution in [0.15, 0.2) is 74.2 Å². The molecule has 0 aliphatic rings. The average Bonchev–Trinajstić information content (AvgIpc) is 3.11. The minimum Gasteiger partial charge on any atom is -0.422 e. The van der Waals surface area contributed by atoms with Crippen molar-refractivity contribution in [2.24, 2.45) is 0 Å². The van der Waals surface area contributed by atoms with E-state index in [-0.39, 0.29) is 5.56 Å². The largest absolute Gasteiger partial charge is 0.422 e. The van der Waals surface area contributed by atoms with Crippen LogP contribution in [0.4, 0.5) is 5.00 Å². The molecule has 0 spiro atoms. The molecule has 7 heteroatoms. The van der Waals surface area contributed by atoms with Crippen molar-refractivity contribution in [2.75, 3.05) is 11.6 Å². The Labute approximate surface area is 163 Å². The summed E-state index contributed by atoms with van der Waals surface area (Å²) < 4.78 is 6.09. The summed E-state index contributed by atoms with van der Waals surface area (Å²) in [4.78, 5) is 29.6. The molecule has 5 nitrogen and oxygen atoms in total. The van der Waals surface area contributed by atoms with E-state index in [0.717, 1.165) is 9.90 Å². The Morgan fingerprint density at radius 2 is 1.85 bits per heavy atom. The normalized spacial score (nSPS) is 10.9. The summed E-state index contributed by atoms with van der Waals surface area (Å²) in [6.45, 7) is 0. The average molecular weight is 394 g/mol. The molecule has 0 aliphatic heterocycles. The van der Waals surface area contributed by atoms with Gasteiger partial charge in [-0.15, -0.1) is 0 Å². The van der Waals surface area contributed by atoms with Gasteiger partial charge in [0, 0.05) is 10.9 Å². The molecule has 2 aromatic heterocycles. The first kappa shape index (κ1) is 17.5. The van der Waals surface area contributed by atoms with Crippen LogP contribution in [0, 0.1) is 0 Å². The SMILES string of the molecule is CSc1nc(-c2ccccc2)c(NC(=O)c2cc3ccccc3oc2=O)s1. The van der Waals surface area contributed by atoms with Crippen LogP contribution in [0.3, 0.4) is 0 Å². The minimum atomic E-state index is -0.665. The van der Waals surface area contributed by atoms with Crippen LogP contribution in [-0.2, 0) is 0 Å². The highest BCUT2D eigenvalue weighted by Gasteiger charge is 2.19. The number of nitrogens with one attached hydrogen (secondary N) is 1. The van der Waals surface area contributed by atoms with Crippen LogP contribution in [0.5, 0.6) is 0 Å². The van der Waals surface area contributed by atoms with Crippen molar-refractivity contribution in [1.82, 2.24) is 4.98 Å². The first-order valence-corrected chi connectivity index (χ1v) is 10.1. The van der Waals surface area contributed by atoms with Gasteiger partial charge in [0.1, 0.15) is 21.8 Å². The number of hydrogen-bond acceptors (Lipinski definition) is 6. The van der Waals surface area contributed by atoms with E-state index in [1.807, 2.05) is 42.7 Å². The summed E-state index contributed by atoms with van der Waals surface area (Å²) in [7, 11) is 0. The molecule has 4 aromatic rings. The van der Waals surface area contributed by atoms with Crippen LogP contribution in [-0.4, -0.2) is 17.1 Å². The minimum absolute atomic E-state index is 0.0354. The van der Waals surface area contributed by atoms with E-state index >= 15 is 0 Å². The van der Waals surface area contributed by atoms with Gasteiger partial charge in [-0.3, -0.25) is 4.79 Å². The van der Waals surface area contributed by atoms with Gasteiger partial charge in [0.25, 0.3) is 5.91 Å². The molecule has 2 heterocycles. The van der Waals surface area contributed by atoms with E-state index < -0.39 is 11.5 Å². The van der Waals surface area contributed by atoms with Gasteiger partial charge in [0.2, 0.25) is 0 Å². The highest BCUT2D eigenvalue weighted by molar-refractivity contribution is 8.00. The second kappa shape index (κ2) is 7.38. The summed E-state index contributed by atoms with van der Waals surface area (Å²) in [5.41, 5.74) is 1.33. The number of carbonyl (C=O) groups excluding carboxylic acids is 1. The molecule has 0 fully saturated rings. The van der Waals surface area contributed by atoms with E-state index in [4.69, 9.17) is 4.42 Å². The van der Waals surface area contributed by atoms with Gasteiger partial charge in [-0.25, -0.2) is 9.78 Å². The van der Waals surface area contributed by atoms with Crippen molar-refractivity contribution in [2.45, 2.75) is 4.34 Å². The number of fused-ring (bicyclic) bond motifs is 1. The molecular formula is C20H14N2O3S2. The number of rotatable bonds is 4. The number of thiazole rings is 1. The molecule has 0 radical (unpaired) electrons. The van der Waals surface area contributed by atoms with E-state index in [1.54, 1.807) is 24.3 Å². The van der Waals surface area contributed by atoms with E-state index in [9.17, 15) is 9.59 Å². The monoisotopic (exact) mass is 394 g/mol. The maximum Gasteiger partial charge on any atom is 0.349 e. The molecule has 0 atom stereocenters. The van der Waals surface area contributed by atoms with Gasteiger partial charge >= 0.3 is 5.63 Å². The van der Waals surface area contributed by atoms with Gasteiger partial charge in [-0.05, 0) is 18.4 Å². The van der Waals surface area contributed by atoms with E-state index in [2.05, 4.69) is 10.3 Å². The Bertz CT molecular complexity index is 1180. The second-order valence-electron chi connectivity index (χ2n) is 5.67. The number of nitrogens with zero attached hydrogens (tertiary/aromatic N) is 1. The van der Waals surface area contributed by atoms with Gasteiger partial charge in [-0.1, -0.05) is 71.6 Å². The van der Waals surface area contributed by atoms with Crippen molar-refractivity contribution >= 4 is 45.0 Å². The van der Waals surface area contributed by atoms with Crippen LogP contribution >= 0.6 is 23.1 Å². The van der Waals surface area contributed by atoms with Gasteiger partial charge in [0.15, 0.2) is 4.34 Å². The number of para-hydroxylation sites is 1. The summed E-state index contributed by atoms with van der Waals surface area (Å²) in [5.74, 6) is -0.511. The van der Waals surface area contributed by atoms with Gasteiger partial charge in [-0.2, -0.15) is 0 Å². The zero-order valence-electron chi connectivity index (χ0n) is 14.3. The van der Waals surface area contributed by atoms with Crippen LogP contribution in [0.1, 0.15) is 10.4 Å². The highest BCUT2D eigenvalue weighted by atomic mass is 32.2. The van der Waals surface area contributed by atoms with Gasteiger partial charge < -0.3 is 9.73 Å². The molecular weight excluding hydrogens is 380 g/mol. The van der Waals surface area contributed by atoms with Crippen LogP contribution in [0.2, 0.25) is 0 Å². The fraction of sp³-hybridized carbons (Fsp3) is 0.0500. The zero-order chi connectivity index (χ0) is 18.8. The molecule has 0 aliphatic carbocycles. The lowest BCUT2D eigenvalue weighted by Gasteiger charge is -2.05. The van der Waals surface area contributed by atoms with E-state index in [1.165, 1.54) is 23.1 Å². The highest BCUT2D eigenvalue weighted by Crippen LogP contribution is 2.37. The quantitative estimate of drug-likeness (QED) is 0.394. The fourth-order valence-electron chi connectivity index (χ4n) is 2.65. The lowest BCUT2D eigenvalue weighted by molar-refractivity contribution is 0.102. The summed E-state index contributed by atoms with van der Waals surface area (Å²) in [6.07, 6.45) is 1.93. The molecule has 2 aromatic carbocycles. The number of anilines is 1. The molecule has 27 heavy (non-hydrogen) atoms. The second-order valence-corrected chi connectivity index (χ2v) is 7.72. The lowest BCUT2D eigenvalue weighted by Crippen LogP contribution is -2.20. The first-order valence-electron chi connectivity index (χ1n) is 8.10. The number of benzene rings is 2. The Hall–Kier alpha value is -2.90. The Morgan fingerprint density at radius 1 is 1.11 bits per heavy atom. The first-order chi connectivity index (χ1) is 13.2. The molecule has 0 bridgehead atoms. The molecule has 134 valence electrons. The predicted octanol–water partition coefficient (Wildman–Crippen LogP) is 4.89. The molecule has 1 amide bonds. The molecule has 1 N–H and O–H groups in total. The fourth-order valence-corrected chi connectivity index (χ4v) is 4.14. The van der Waals surface area contributed by atoms with Crippen molar-refractivity contribution < 1.29 is 9.21 Å². The third-order valence-electron chi connectivity index (χ3n) is 3.94. The summed E-state index contributed by atoms with van der Waals surface area (Å²) in [6, 6.07) is 18.2. The van der Waals surface area contributed by atoms with Crippen molar-refractivity contribution in [3.8, 4) is 11.3 Å². The molecule has 0 saturated heterocycles. The third kappa shape index (κ3) is 3.51. The predicted molar refractivity (Wildman–Crippen MR) is 110 cm³/mol. The van der Waals surface area contributed by atoms with Crippen molar-refractivity contribution in [1.29, 1.82) is 0 Å². The summed E-state index contributed by atoms with van der Waals surface area (Å²) >= 11 is 2.88. The zero-order valence-corrected chi connectivity index (χ0v) is 15.9. The number of carbonyl (C=O) groups is 1. The van der Waals surface area contributed by atoms with E-state index in [0.29, 0.717) is 21.7 Å². The number of hydrogen-bond donors (Lipinski definition) is 1. The molecule has 4 rings (SSSR count). The third-order valence-corrected chi connectivity index (χ3v) is 5.90. The Balaban J connectivity index is 1.72. The molecule has 0 saturated carbocycles. The molecule has 0 unspecified atom stereocenters. The number of amides is 1. The van der Waals surface area contributed by atoms with Crippen LogP contribution in [0.25, 0.3) is 22.2 Å². The standard InChI is InChI=1S/C20H14N2O3S2/c1-26-20-21-16(12-7-3-2-4-8-12)18(27-20)22-17(23)14-11-13-9-5-6-10-15(13)25-19(14)24/h2-11H,1H3,(H,22,23). The number of aromatic nitrogens is 1. The van der Waals surface area contributed by atoms with Crippen molar-refractivity contribution in [3.63, 3.8) is 0 Å². The Morgan fingerprint density at radius 3 is 2.63 bits per heavy atom. The topological polar surface area (TPSA) is 72.2 Å². The number of thioether (sulfide) groups is 1. The Kier molecular flexibility index (Phi) is 4.79. The maximum atomic E-state index is 12.8. The summed E-state index contributed by atoms with van der Waals surface area (Å²) in [5, 5.41) is 4.12. The maximum absolute atomic E-state index is 12.8. The van der Waals surface area contributed by atoms with Gasteiger partial charge in [0.05, 0.1) is 0 Å². The smallest absolute Gasteiger partial charge is 0.349 e. The van der Waals surface area contributed by atoms with Crippen molar-refractivity contribution in [3.05, 3.63) is 76.6 Å². The lowest BCUT2D eigenvalue weighted by atomic mass is 10.1. The van der Waals surface area contributed by atoms with Crippen LogP contribution < -0.4 is 10.9 Å².